The van der Waals surface area contributed by atoms with E-state index in [9.17, 15) is 8.42 Å². The summed E-state index contributed by atoms with van der Waals surface area (Å²) in [7, 11) is -1.42. The molecule has 4 nitrogen and oxygen atoms in total. The molecule has 1 aromatic rings. The van der Waals surface area contributed by atoms with Crippen molar-refractivity contribution in [2.45, 2.75) is 5.92 Å². The Morgan fingerprint density at radius 1 is 1.31 bits per heavy atom. The number of nitrogens with two attached hydrogens (primary N) is 1. The molecule has 16 heavy (non-hydrogen) atoms. The van der Waals surface area contributed by atoms with Gasteiger partial charge in [0.1, 0.15) is 15.6 Å². The largest absolute Gasteiger partial charge is 0.497 e. The highest BCUT2D eigenvalue weighted by molar-refractivity contribution is 7.90. The molecular weight excluding hydrogens is 226 g/mol. The summed E-state index contributed by atoms with van der Waals surface area (Å²) in [6.07, 6.45) is 1.22. The monoisotopic (exact) mass is 243 g/mol. The number of rotatable bonds is 5. The number of sulfone groups is 1. The van der Waals surface area contributed by atoms with Crippen molar-refractivity contribution in [3.05, 3.63) is 29.8 Å². The van der Waals surface area contributed by atoms with Gasteiger partial charge in [-0.2, -0.15) is 0 Å². The molecule has 0 fully saturated rings. The molecule has 1 rings (SSSR count). The van der Waals surface area contributed by atoms with Crippen molar-refractivity contribution in [3.8, 4) is 5.75 Å². The minimum absolute atomic E-state index is 0.0792. The fourth-order valence-electron chi connectivity index (χ4n) is 1.54. The van der Waals surface area contributed by atoms with Gasteiger partial charge in [-0.15, -0.1) is 0 Å². The first kappa shape index (κ1) is 13.0. The number of hydrogen-bond donors (Lipinski definition) is 1. The Morgan fingerprint density at radius 3 is 2.25 bits per heavy atom. The second-order valence-electron chi connectivity index (χ2n) is 3.80. The molecule has 5 heteroatoms. The minimum atomic E-state index is -3.01. The summed E-state index contributed by atoms with van der Waals surface area (Å²) < 4.78 is 27.5. The summed E-state index contributed by atoms with van der Waals surface area (Å²) in [4.78, 5) is 0. The summed E-state index contributed by atoms with van der Waals surface area (Å²) >= 11 is 0. The molecule has 0 aliphatic rings. The third-order valence-corrected chi connectivity index (χ3v) is 3.38. The molecule has 90 valence electrons. The molecule has 2 N–H and O–H groups in total. The van der Waals surface area contributed by atoms with Crippen LogP contribution in [0.5, 0.6) is 5.75 Å². The molecule has 0 aromatic heterocycles. The molecule has 0 bridgehead atoms. The minimum Gasteiger partial charge on any atom is -0.497 e. The SMILES string of the molecule is COc1ccc(C(CN)CS(C)(=O)=O)cc1. The molecule has 0 saturated heterocycles. The third kappa shape index (κ3) is 3.83. The van der Waals surface area contributed by atoms with Crippen molar-refractivity contribution in [3.63, 3.8) is 0 Å². The first-order chi connectivity index (χ1) is 7.46. The molecule has 0 amide bonds. The van der Waals surface area contributed by atoms with Gasteiger partial charge in [-0.25, -0.2) is 8.42 Å². The van der Waals surface area contributed by atoms with Gasteiger partial charge in [-0.1, -0.05) is 12.1 Å². The number of methoxy groups -OCH3 is 1. The Labute approximate surface area is 96.3 Å². The van der Waals surface area contributed by atoms with Crippen LogP contribution in [0.2, 0.25) is 0 Å². The molecule has 0 radical (unpaired) electrons. The standard InChI is InChI=1S/C11H17NO3S/c1-15-11-5-3-9(4-6-11)10(7-12)8-16(2,13)14/h3-6,10H,7-8,12H2,1-2H3. The van der Waals surface area contributed by atoms with E-state index in [0.717, 1.165) is 11.3 Å². The Balaban J connectivity index is 2.87. The van der Waals surface area contributed by atoms with Gasteiger partial charge in [0.2, 0.25) is 0 Å². The Morgan fingerprint density at radius 2 is 1.88 bits per heavy atom. The van der Waals surface area contributed by atoms with Crippen molar-refractivity contribution in [2.24, 2.45) is 5.73 Å². The maximum Gasteiger partial charge on any atom is 0.148 e. The van der Waals surface area contributed by atoms with Crippen molar-refractivity contribution in [2.75, 3.05) is 25.7 Å². The highest BCUT2D eigenvalue weighted by Gasteiger charge is 2.15. The van der Waals surface area contributed by atoms with Crippen LogP contribution >= 0.6 is 0 Å². The topological polar surface area (TPSA) is 69.4 Å². The second-order valence-corrected chi connectivity index (χ2v) is 5.98. The van der Waals surface area contributed by atoms with Gasteiger partial charge in [-0.3, -0.25) is 0 Å². The fraction of sp³-hybridized carbons (Fsp3) is 0.455. The van der Waals surface area contributed by atoms with Crippen molar-refractivity contribution < 1.29 is 13.2 Å². The Kier molecular flexibility index (Phi) is 4.32. The second kappa shape index (κ2) is 5.32. The fourth-order valence-corrected chi connectivity index (χ4v) is 2.60. The maximum absolute atomic E-state index is 11.2. The zero-order valence-electron chi connectivity index (χ0n) is 9.51. The van der Waals surface area contributed by atoms with E-state index < -0.39 is 9.84 Å². The summed E-state index contributed by atoms with van der Waals surface area (Å²) in [5.74, 6) is 0.676. The zero-order valence-corrected chi connectivity index (χ0v) is 10.3. The maximum atomic E-state index is 11.2. The van der Waals surface area contributed by atoms with E-state index in [0.29, 0.717) is 6.54 Å². The number of ether oxygens (including phenoxy) is 1. The van der Waals surface area contributed by atoms with Crippen LogP contribution < -0.4 is 10.5 Å². The molecule has 0 spiro atoms. The van der Waals surface area contributed by atoms with Crippen LogP contribution in [0.3, 0.4) is 0 Å². The lowest BCUT2D eigenvalue weighted by molar-refractivity contribution is 0.414. The first-order valence-electron chi connectivity index (χ1n) is 4.98. The average molecular weight is 243 g/mol. The van der Waals surface area contributed by atoms with E-state index in [1.54, 1.807) is 19.2 Å². The average Bonchev–Trinajstić information content (AvgIpc) is 2.25. The van der Waals surface area contributed by atoms with E-state index in [1.165, 1.54) is 6.26 Å². The van der Waals surface area contributed by atoms with Crippen LogP contribution in [0.4, 0.5) is 0 Å². The molecule has 0 aliphatic carbocycles. The van der Waals surface area contributed by atoms with Crippen LogP contribution in [0, 0.1) is 0 Å². The normalized spacial score (nSPS) is 13.4. The predicted octanol–water partition coefficient (Wildman–Crippen LogP) is 0.782. The van der Waals surface area contributed by atoms with E-state index in [2.05, 4.69) is 0 Å². The van der Waals surface area contributed by atoms with Gasteiger partial charge in [-0.05, 0) is 17.7 Å². The van der Waals surface area contributed by atoms with Gasteiger partial charge < -0.3 is 10.5 Å². The van der Waals surface area contributed by atoms with Gasteiger partial charge in [0.05, 0.1) is 12.9 Å². The third-order valence-electron chi connectivity index (χ3n) is 2.38. The molecule has 1 unspecified atom stereocenters. The van der Waals surface area contributed by atoms with E-state index >= 15 is 0 Å². The first-order valence-corrected chi connectivity index (χ1v) is 7.04. The summed E-state index contributed by atoms with van der Waals surface area (Å²) in [5.41, 5.74) is 6.51. The van der Waals surface area contributed by atoms with Crippen LogP contribution in [-0.4, -0.2) is 34.1 Å². The summed E-state index contributed by atoms with van der Waals surface area (Å²) in [6, 6.07) is 7.31. The molecule has 1 atom stereocenters. The molecule has 0 aliphatic heterocycles. The van der Waals surface area contributed by atoms with E-state index in [4.69, 9.17) is 10.5 Å². The van der Waals surface area contributed by atoms with E-state index in [-0.39, 0.29) is 11.7 Å². The van der Waals surface area contributed by atoms with Gasteiger partial charge in [0.15, 0.2) is 0 Å². The van der Waals surface area contributed by atoms with Crippen LogP contribution in [0.25, 0.3) is 0 Å². The lowest BCUT2D eigenvalue weighted by atomic mass is 10.0. The zero-order chi connectivity index (χ0) is 12.2. The van der Waals surface area contributed by atoms with Crippen molar-refractivity contribution >= 4 is 9.84 Å². The lowest BCUT2D eigenvalue weighted by Crippen LogP contribution is -2.21. The molecule has 1 aromatic carbocycles. The highest BCUT2D eigenvalue weighted by atomic mass is 32.2. The van der Waals surface area contributed by atoms with Gasteiger partial charge in [0.25, 0.3) is 0 Å². The molecule has 0 heterocycles. The van der Waals surface area contributed by atoms with Crippen LogP contribution in [0.15, 0.2) is 24.3 Å². The lowest BCUT2D eigenvalue weighted by Gasteiger charge is -2.14. The van der Waals surface area contributed by atoms with Gasteiger partial charge in [0, 0.05) is 18.7 Å². The smallest absolute Gasteiger partial charge is 0.148 e. The summed E-state index contributed by atoms with van der Waals surface area (Å²) in [5, 5.41) is 0. The number of benzene rings is 1. The van der Waals surface area contributed by atoms with Crippen molar-refractivity contribution in [1.29, 1.82) is 0 Å². The van der Waals surface area contributed by atoms with Crippen LogP contribution in [-0.2, 0) is 9.84 Å². The Bertz CT molecular complexity index is 425. The predicted molar refractivity (Wildman–Crippen MR) is 64.5 cm³/mol. The Hall–Kier alpha value is -1.07. The molecule has 0 saturated carbocycles. The van der Waals surface area contributed by atoms with Gasteiger partial charge >= 0.3 is 0 Å². The highest BCUT2D eigenvalue weighted by Crippen LogP contribution is 2.19. The number of hydrogen-bond acceptors (Lipinski definition) is 4. The van der Waals surface area contributed by atoms with E-state index in [1.807, 2.05) is 12.1 Å². The van der Waals surface area contributed by atoms with Crippen LogP contribution in [0.1, 0.15) is 11.5 Å². The quantitative estimate of drug-likeness (QED) is 0.829. The summed E-state index contributed by atoms with van der Waals surface area (Å²) in [6.45, 7) is 0.319. The van der Waals surface area contributed by atoms with Crippen molar-refractivity contribution in [1.82, 2.24) is 0 Å². The molecular formula is C11H17NO3S.